The van der Waals surface area contributed by atoms with Crippen LogP contribution in [0.15, 0.2) is 49.6 Å². The number of rotatable bonds is 14. The number of likely N-dealkylation sites (tertiary alicyclic amines) is 1. The molecule has 0 unspecified atom stereocenters. The molecule has 228 valence electrons. The lowest BCUT2D eigenvalue weighted by molar-refractivity contribution is -0.139. The molecule has 1 fully saturated rings. The maximum Gasteiger partial charge on any atom is 0.407 e. The summed E-state index contributed by atoms with van der Waals surface area (Å²) in [7, 11) is 3.22. The summed E-state index contributed by atoms with van der Waals surface area (Å²) in [6.07, 6.45) is 8.87. The number of alkyl carbamates (subject to hydrolysis) is 1. The van der Waals surface area contributed by atoms with Gasteiger partial charge in [0.25, 0.3) is 0 Å². The van der Waals surface area contributed by atoms with Crippen molar-refractivity contribution in [2.24, 2.45) is 5.41 Å². The number of benzene rings is 2. The molecule has 0 aromatic heterocycles. The van der Waals surface area contributed by atoms with Crippen LogP contribution >= 0.6 is 0 Å². The number of allylic oxidation sites excluding steroid dienone is 1. The summed E-state index contributed by atoms with van der Waals surface area (Å²) in [5, 5.41) is 4.73. The van der Waals surface area contributed by atoms with Crippen LogP contribution in [0.2, 0.25) is 0 Å². The Kier molecular flexibility index (Phi) is 11.3. The van der Waals surface area contributed by atoms with Gasteiger partial charge in [0, 0.05) is 19.1 Å². The van der Waals surface area contributed by atoms with E-state index in [1.807, 2.05) is 57.2 Å². The Bertz CT molecular complexity index is 1280. The first kappa shape index (κ1) is 32.9. The monoisotopic (exact) mass is 578 g/mol. The van der Waals surface area contributed by atoms with E-state index in [1.165, 1.54) is 4.90 Å². The Morgan fingerprint density at radius 2 is 1.83 bits per heavy atom. The number of carbonyl (C=O) groups excluding carboxylic acids is 3. The molecule has 0 bridgehead atoms. The van der Waals surface area contributed by atoms with Crippen LogP contribution < -0.4 is 10.1 Å². The van der Waals surface area contributed by atoms with E-state index in [9.17, 15) is 14.4 Å². The van der Waals surface area contributed by atoms with Gasteiger partial charge in [0.2, 0.25) is 5.91 Å². The second-order valence-corrected chi connectivity index (χ2v) is 12.0. The molecule has 3 rings (SSSR count). The first-order valence-electron chi connectivity index (χ1n) is 14.6. The average Bonchev–Trinajstić information content (AvgIpc) is 3.38. The molecular weight excluding hydrogens is 532 g/mol. The van der Waals surface area contributed by atoms with Gasteiger partial charge in [-0.1, -0.05) is 64.5 Å². The van der Waals surface area contributed by atoms with Gasteiger partial charge >= 0.3 is 6.09 Å². The van der Waals surface area contributed by atoms with Crippen molar-refractivity contribution in [3.05, 3.63) is 60.7 Å². The molecule has 1 N–H and O–H groups in total. The highest BCUT2D eigenvalue weighted by Crippen LogP contribution is 2.41. The lowest BCUT2D eigenvalue weighted by Gasteiger charge is -2.35. The maximum atomic E-state index is 14.0. The number of nitrogens with zero attached hydrogens (tertiary/aromatic N) is 1. The van der Waals surface area contributed by atoms with E-state index in [0.29, 0.717) is 6.42 Å². The zero-order valence-corrected chi connectivity index (χ0v) is 25.7. The Hall–Kier alpha value is -3.65. The molecule has 1 aliphatic heterocycles. The van der Waals surface area contributed by atoms with Gasteiger partial charge in [-0.05, 0) is 59.2 Å². The van der Waals surface area contributed by atoms with Crippen molar-refractivity contribution >= 4 is 35.1 Å². The van der Waals surface area contributed by atoms with Gasteiger partial charge in [-0.2, -0.15) is 0 Å². The van der Waals surface area contributed by atoms with Crippen molar-refractivity contribution in [1.82, 2.24) is 10.2 Å². The molecule has 8 nitrogen and oxygen atoms in total. The molecule has 2 amide bonds. The minimum absolute atomic E-state index is 0.162. The SMILES string of the molecule is C=CCCCCCCOC(=O)N[C@H](C(=O)N1C[C@](OC)(c2ccc3cc(OC)c(C=C)cc3c2)C[C@H]1C=O)C(C)(C)C. The second kappa shape index (κ2) is 14.5. The van der Waals surface area contributed by atoms with Gasteiger partial charge in [-0.15, -0.1) is 6.58 Å². The Labute approximate surface area is 250 Å². The summed E-state index contributed by atoms with van der Waals surface area (Å²) >= 11 is 0. The molecule has 0 saturated carbocycles. The van der Waals surface area contributed by atoms with Crippen molar-refractivity contribution < 1.29 is 28.6 Å². The van der Waals surface area contributed by atoms with Gasteiger partial charge in [-0.25, -0.2) is 4.79 Å². The van der Waals surface area contributed by atoms with Gasteiger partial charge in [0.15, 0.2) is 0 Å². The Morgan fingerprint density at radius 3 is 2.45 bits per heavy atom. The highest BCUT2D eigenvalue weighted by Gasteiger charge is 2.50. The number of ether oxygens (including phenoxy) is 3. The quantitative estimate of drug-likeness (QED) is 0.158. The van der Waals surface area contributed by atoms with Gasteiger partial charge in [0.1, 0.15) is 23.7 Å². The lowest BCUT2D eigenvalue weighted by Crippen LogP contribution is -2.56. The van der Waals surface area contributed by atoms with Crippen LogP contribution in [0.4, 0.5) is 4.79 Å². The molecule has 0 radical (unpaired) electrons. The highest BCUT2D eigenvalue weighted by atomic mass is 16.5. The summed E-state index contributed by atoms with van der Waals surface area (Å²) in [6.45, 7) is 13.7. The number of nitrogens with one attached hydrogen (secondary N) is 1. The molecule has 1 saturated heterocycles. The fourth-order valence-electron chi connectivity index (χ4n) is 5.54. The third-order valence-electron chi connectivity index (χ3n) is 8.04. The second-order valence-electron chi connectivity index (χ2n) is 12.0. The first-order valence-corrected chi connectivity index (χ1v) is 14.6. The fourth-order valence-corrected chi connectivity index (χ4v) is 5.54. The van der Waals surface area contributed by atoms with Crippen molar-refractivity contribution in [2.45, 2.75) is 77.0 Å². The minimum atomic E-state index is -0.905. The third-order valence-corrected chi connectivity index (χ3v) is 8.04. The number of amides is 2. The Balaban J connectivity index is 1.80. The van der Waals surface area contributed by atoms with Gasteiger partial charge in [-0.3, -0.25) is 4.79 Å². The van der Waals surface area contributed by atoms with E-state index in [1.54, 1.807) is 20.3 Å². The number of hydrogen-bond donors (Lipinski definition) is 1. The predicted octanol–water partition coefficient (Wildman–Crippen LogP) is 6.41. The smallest absolute Gasteiger partial charge is 0.407 e. The van der Waals surface area contributed by atoms with Crippen LogP contribution in [-0.4, -0.2) is 62.6 Å². The highest BCUT2D eigenvalue weighted by molar-refractivity contribution is 5.90. The summed E-state index contributed by atoms with van der Waals surface area (Å²) < 4.78 is 17.0. The topological polar surface area (TPSA) is 94.2 Å². The largest absolute Gasteiger partial charge is 0.496 e. The summed E-state index contributed by atoms with van der Waals surface area (Å²) in [5.74, 6) is 0.382. The number of methoxy groups -OCH3 is 2. The van der Waals surface area contributed by atoms with Gasteiger partial charge in [0.05, 0.1) is 26.3 Å². The summed E-state index contributed by atoms with van der Waals surface area (Å²) in [4.78, 5) is 40.5. The summed E-state index contributed by atoms with van der Waals surface area (Å²) in [5.41, 5.74) is 0.183. The van der Waals surface area contributed by atoms with Crippen LogP contribution in [-0.2, 0) is 24.7 Å². The standard InChI is InChI=1S/C34H46N2O6/c1-8-10-11-12-13-14-17-42-32(39)35-30(33(3,4)5)31(38)36-23-34(41-7,21-28(36)22-37)27-16-15-25-20-29(40-6)24(9-2)18-26(25)19-27/h8-9,15-16,18-20,22,28,30H,1-2,10-14,17,21,23H2,3-7H3,(H,35,39)/t28-,30+,34-/m0/s1. The van der Waals surface area contributed by atoms with E-state index in [4.69, 9.17) is 14.2 Å². The predicted molar refractivity (Wildman–Crippen MR) is 166 cm³/mol. The molecule has 1 aliphatic rings. The van der Waals surface area contributed by atoms with Gasteiger partial charge < -0.3 is 29.2 Å². The van der Waals surface area contributed by atoms with Crippen LogP contribution in [0.1, 0.15) is 70.4 Å². The maximum absolute atomic E-state index is 14.0. The zero-order chi connectivity index (χ0) is 30.9. The van der Waals surface area contributed by atoms with Crippen LogP contribution in [0.25, 0.3) is 16.8 Å². The average molecular weight is 579 g/mol. The number of aldehydes is 1. The number of carbonyl (C=O) groups is 3. The number of unbranched alkanes of at least 4 members (excludes halogenated alkanes) is 4. The Morgan fingerprint density at radius 1 is 1.10 bits per heavy atom. The molecule has 0 spiro atoms. The van der Waals surface area contributed by atoms with E-state index in [-0.39, 0.29) is 19.1 Å². The van der Waals surface area contributed by atoms with E-state index in [0.717, 1.165) is 66.0 Å². The van der Waals surface area contributed by atoms with Crippen molar-refractivity contribution in [3.63, 3.8) is 0 Å². The first-order chi connectivity index (χ1) is 20.0. The fraction of sp³-hybridized carbons (Fsp3) is 0.500. The van der Waals surface area contributed by atoms with Crippen LogP contribution in [0.3, 0.4) is 0 Å². The van der Waals surface area contributed by atoms with E-state index in [2.05, 4.69) is 18.5 Å². The van der Waals surface area contributed by atoms with Crippen molar-refractivity contribution in [3.8, 4) is 5.75 Å². The number of hydrogen-bond acceptors (Lipinski definition) is 6. The number of fused-ring (bicyclic) bond motifs is 1. The molecular formula is C34H46N2O6. The van der Waals surface area contributed by atoms with Crippen molar-refractivity contribution in [1.29, 1.82) is 0 Å². The van der Waals surface area contributed by atoms with E-state index < -0.39 is 29.2 Å². The molecule has 0 aliphatic carbocycles. The zero-order valence-electron chi connectivity index (χ0n) is 25.7. The molecule has 3 atom stereocenters. The lowest BCUT2D eigenvalue weighted by atomic mass is 9.85. The molecule has 42 heavy (non-hydrogen) atoms. The van der Waals surface area contributed by atoms with Crippen LogP contribution in [0.5, 0.6) is 5.75 Å². The third kappa shape index (κ3) is 7.59. The normalized spacial score (nSPS) is 19.3. The molecule has 8 heteroatoms. The van der Waals surface area contributed by atoms with Crippen molar-refractivity contribution in [2.75, 3.05) is 27.4 Å². The molecule has 1 heterocycles. The molecule has 2 aromatic rings. The summed E-state index contributed by atoms with van der Waals surface area (Å²) in [6, 6.07) is 8.30. The van der Waals surface area contributed by atoms with E-state index >= 15 is 0 Å². The minimum Gasteiger partial charge on any atom is -0.496 e. The van der Waals surface area contributed by atoms with Crippen LogP contribution in [0, 0.1) is 5.41 Å². The molecule has 2 aromatic carbocycles.